The average molecular weight is 393 g/mol. The first kappa shape index (κ1) is 19.4. The molecule has 4 rings (SSSR count). The maximum Gasteiger partial charge on any atom is 0.259 e. The van der Waals surface area contributed by atoms with Crippen molar-refractivity contribution in [1.29, 1.82) is 0 Å². The van der Waals surface area contributed by atoms with Gasteiger partial charge >= 0.3 is 0 Å². The van der Waals surface area contributed by atoms with Crippen LogP contribution in [0.5, 0.6) is 0 Å². The van der Waals surface area contributed by atoms with Crippen LogP contribution in [0.4, 0.5) is 0 Å². The van der Waals surface area contributed by atoms with Gasteiger partial charge in [-0.05, 0) is 50.8 Å². The molecule has 1 aliphatic heterocycles. The summed E-state index contributed by atoms with van der Waals surface area (Å²) in [4.78, 5) is 32.8. The van der Waals surface area contributed by atoms with Crippen LogP contribution in [0.2, 0.25) is 0 Å². The van der Waals surface area contributed by atoms with Crippen LogP contribution in [-0.2, 0) is 13.0 Å². The zero-order chi connectivity index (χ0) is 20.5. The molecule has 29 heavy (non-hydrogen) atoms. The van der Waals surface area contributed by atoms with Gasteiger partial charge in [0.05, 0.1) is 11.6 Å². The Hall–Kier alpha value is -2.96. The second-order valence-corrected chi connectivity index (χ2v) is 7.73. The molecule has 1 amide bonds. The molecule has 0 radical (unpaired) electrons. The van der Waals surface area contributed by atoms with Crippen LogP contribution in [0.25, 0.3) is 11.0 Å². The second kappa shape index (κ2) is 7.81. The summed E-state index contributed by atoms with van der Waals surface area (Å²) < 4.78 is 1.89. The summed E-state index contributed by atoms with van der Waals surface area (Å²) in [6, 6.07) is 3.60. The van der Waals surface area contributed by atoms with Crippen LogP contribution >= 0.6 is 0 Å². The van der Waals surface area contributed by atoms with Gasteiger partial charge in [-0.2, -0.15) is 5.10 Å². The van der Waals surface area contributed by atoms with Gasteiger partial charge < -0.3 is 9.47 Å². The molecule has 1 saturated heterocycles. The first-order valence-electron chi connectivity index (χ1n) is 10.4. The number of rotatable bonds is 4. The van der Waals surface area contributed by atoms with E-state index in [2.05, 4.69) is 22.1 Å². The van der Waals surface area contributed by atoms with Gasteiger partial charge in [0.1, 0.15) is 11.2 Å². The summed E-state index contributed by atoms with van der Waals surface area (Å²) in [5, 5.41) is 7.81. The van der Waals surface area contributed by atoms with Crippen molar-refractivity contribution in [3.05, 3.63) is 57.3 Å². The van der Waals surface area contributed by atoms with Crippen LogP contribution in [0, 0.1) is 6.92 Å². The molecule has 1 fully saturated rings. The van der Waals surface area contributed by atoms with E-state index in [0.29, 0.717) is 30.7 Å². The molecular formula is C22H27N5O2. The SMILES string of the molecule is CCc1cn[nH]c1[C@H]1CCCN(C(=O)c2cn(CC)c3nc(C)ccc3c2=O)C1. The Balaban J connectivity index is 1.69. The largest absolute Gasteiger partial charge is 0.338 e. The number of piperidine rings is 1. The number of nitrogens with zero attached hydrogens (tertiary/aromatic N) is 4. The molecule has 0 spiro atoms. The van der Waals surface area contributed by atoms with Gasteiger partial charge in [0, 0.05) is 43.1 Å². The Morgan fingerprint density at radius 2 is 2.14 bits per heavy atom. The van der Waals surface area contributed by atoms with E-state index in [1.54, 1.807) is 12.3 Å². The van der Waals surface area contributed by atoms with Gasteiger partial charge in [-0.3, -0.25) is 14.7 Å². The standard InChI is InChI=1S/C22H27N5O2/c1-4-15-11-23-25-19(15)16-7-6-10-27(12-16)22(29)18-13-26(5-2)21-17(20(18)28)9-8-14(3)24-21/h8-9,11,13,16H,4-7,10,12H2,1-3H3,(H,23,25)/t16-/m0/s1. The maximum atomic E-state index is 13.3. The number of carbonyl (C=O) groups excluding carboxylic acids is 1. The number of fused-ring (bicyclic) bond motifs is 1. The highest BCUT2D eigenvalue weighted by Gasteiger charge is 2.29. The zero-order valence-corrected chi connectivity index (χ0v) is 17.2. The van der Waals surface area contributed by atoms with E-state index in [1.807, 2.05) is 35.6 Å². The van der Waals surface area contributed by atoms with Crippen molar-refractivity contribution in [3.63, 3.8) is 0 Å². The summed E-state index contributed by atoms with van der Waals surface area (Å²) in [6.07, 6.45) is 6.38. The molecule has 1 aliphatic rings. The molecule has 3 aromatic heterocycles. The fourth-order valence-corrected chi connectivity index (χ4v) is 4.28. The van der Waals surface area contributed by atoms with E-state index < -0.39 is 0 Å². The average Bonchev–Trinajstić information content (AvgIpc) is 3.22. The molecule has 4 heterocycles. The van der Waals surface area contributed by atoms with Crippen molar-refractivity contribution in [3.8, 4) is 0 Å². The van der Waals surface area contributed by atoms with E-state index >= 15 is 0 Å². The van der Waals surface area contributed by atoms with Gasteiger partial charge in [-0.25, -0.2) is 4.98 Å². The summed E-state index contributed by atoms with van der Waals surface area (Å²) in [7, 11) is 0. The predicted molar refractivity (Wildman–Crippen MR) is 112 cm³/mol. The molecule has 1 N–H and O–H groups in total. The highest BCUT2D eigenvalue weighted by molar-refractivity contribution is 5.97. The van der Waals surface area contributed by atoms with Crippen molar-refractivity contribution >= 4 is 16.9 Å². The van der Waals surface area contributed by atoms with E-state index in [1.165, 1.54) is 5.56 Å². The third-order valence-corrected chi connectivity index (χ3v) is 5.88. The molecule has 152 valence electrons. The van der Waals surface area contributed by atoms with Crippen LogP contribution in [-0.4, -0.2) is 43.6 Å². The number of pyridine rings is 2. The Morgan fingerprint density at radius 3 is 2.90 bits per heavy atom. The molecule has 0 saturated carbocycles. The number of H-pyrrole nitrogens is 1. The highest BCUT2D eigenvalue weighted by Crippen LogP contribution is 2.28. The van der Waals surface area contributed by atoms with Crippen LogP contribution in [0.1, 0.15) is 59.9 Å². The molecule has 0 bridgehead atoms. The molecule has 0 aliphatic carbocycles. The molecule has 3 aromatic rings. The number of hydrogen-bond acceptors (Lipinski definition) is 4. The zero-order valence-electron chi connectivity index (χ0n) is 17.2. The van der Waals surface area contributed by atoms with Gasteiger partial charge in [0.25, 0.3) is 5.91 Å². The highest BCUT2D eigenvalue weighted by atomic mass is 16.2. The van der Waals surface area contributed by atoms with Crippen LogP contribution in [0.3, 0.4) is 0 Å². The number of carbonyl (C=O) groups is 1. The van der Waals surface area contributed by atoms with E-state index in [0.717, 1.165) is 30.7 Å². The Kier molecular flexibility index (Phi) is 5.22. The topological polar surface area (TPSA) is 83.9 Å². The predicted octanol–water partition coefficient (Wildman–Crippen LogP) is 3.03. The number of amides is 1. The fraction of sp³-hybridized carbons (Fsp3) is 0.455. The number of nitrogens with one attached hydrogen (secondary N) is 1. The molecule has 7 heteroatoms. The van der Waals surface area contributed by atoms with Crippen molar-refractivity contribution < 1.29 is 4.79 Å². The third kappa shape index (κ3) is 3.45. The first-order chi connectivity index (χ1) is 14.0. The maximum absolute atomic E-state index is 13.3. The molecule has 7 nitrogen and oxygen atoms in total. The van der Waals surface area contributed by atoms with Crippen molar-refractivity contribution in [2.24, 2.45) is 0 Å². The first-order valence-corrected chi connectivity index (χ1v) is 10.4. The summed E-state index contributed by atoms with van der Waals surface area (Å²) >= 11 is 0. The summed E-state index contributed by atoms with van der Waals surface area (Å²) in [6.45, 7) is 7.91. The molecule has 0 aromatic carbocycles. The molecule has 0 unspecified atom stereocenters. The van der Waals surface area contributed by atoms with Crippen LogP contribution in [0.15, 0.2) is 29.3 Å². The van der Waals surface area contributed by atoms with Crippen molar-refractivity contribution in [2.45, 2.75) is 52.5 Å². The lowest BCUT2D eigenvalue weighted by Crippen LogP contribution is -2.41. The van der Waals surface area contributed by atoms with Gasteiger partial charge in [0.2, 0.25) is 5.43 Å². The Morgan fingerprint density at radius 1 is 1.31 bits per heavy atom. The van der Waals surface area contributed by atoms with Gasteiger partial charge in [-0.1, -0.05) is 6.92 Å². The number of likely N-dealkylation sites (tertiary alicyclic amines) is 1. The van der Waals surface area contributed by atoms with Gasteiger partial charge in [-0.15, -0.1) is 0 Å². The third-order valence-electron chi connectivity index (χ3n) is 5.88. The smallest absolute Gasteiger partial charge is 0.259 e. The lowest BCUT2D eigenvalue weighted by molar-refractivity contribution is 0.0703. The van der Waals surface area contributed by atoms with Crippen molar-refractivity contribution in [2.75, 3.05) is 13.1 Å². The lowest BCUT2D eigenvalue weighted by Gasteiger charge is -2.32. The minimum atomic E-state index is -0.236. The second-order valence-electron chi connectivity index (χ2n) is 7.73. The minimum absolute atomic E-state index is 0.193. The Labute approximate surface area is 169 Å². The summed E-state index contributed by atoms with van der Waals surface area (Å²) in [5.41, 5.74) is 3.80. The summed E-state index contributed by atoms with van der Waals surface area (Å²) in [5.74, 6) is 0.0327. The number of aromatic amines is 1. The van der Waals surface area contributed by atoms with Crippen molar-refractivity contribution in [1.82, 2.24) is 24.6 Å². The minimum Gasteiger partial charge on any atom is -0.338 e. The Bertz CT molecular complexity index is 1110. The van der Waals surface area contributed by atoms with Gasteiger partial charge in [0.15, 0.2) is 0 Å². The monoisotopic (exact) mass is 393 g/mol. The van der Waals surface area contributed by atoms with E-state index in [-0.39, 0.29) is 22.8 Å². The molecular weight excluding hydrogens is 366 g/mol. The van der Waals surface area contributed by atoms with Crippen LogP contribution < -0.4 is 5.43 Å². The number of aryl methyl sites for hydroxylation is 3. The number of hydrogen-bond donors (Lipinski definition) is 1. The normalized spacial score (nSPS) is 17.1. The van der Waals surface area contributed by atoms with E-state index in [9.17, 15) is 9.59 Å². The quantitative estimate of drug-likeness (QED) is 0.738. The molecule has 1 atom stereocenters. The fourth-order valence-electron chi connectivity index (χ4n) is 4.28. The number of aromatic nitrogens is 4. The lowest BCUT2D eigenvalue weighted by atomic mass is 9.91. The van der Waals surface area contributed by atoms with E-state index in [4.69, 9.17) is 0 Å².